The maximum Gasteiger partial charge on any atom is 0.124 e. The first kappa shape index (κ1) is 14.2. The molecule has 0 aliphatic heterocycles. The number of methoxy groups -OCH3 is 2. The molecule has 1 aliphatic rings. The van der Waals surface area contributed by atoms with Crippen LogP contribution in [-0.4, -0.2) is 14.2 Å². The fourth-order valence-electron chi connectivity index (χ4n) is 3.19. The Morgan fingerprint density at radius 2 is 1.74 bits per heavy atom. The highest BCUT2D eigenvalue weighted by atomic mass is 16.5. The summed E-state index contributed by atoms with van der Waals surface area (Å²) in [6.45, 7) is 4.51. The summed E-state index contributed by atoms with van der Waals surface area (Å²) >= 11 is 0. The second-order valence-electron chi connectivity index (χ2n) is 6.13. The van der Waals surface area contributed by atoms with Gasteiger partial charge >= 0.3 is 0 Å². The lowest BCUT2D eigenvalue weighted by molar-refractivity contribution is 0.0949. The van der Waals surface area contributed by atoms with Gasteiger partial charge < -0.3 is 15.2 Å². The van der Waals surface area contributed by atoms with Gasteiger partial charge in [0.05, 0.1) is 14.2 Å². The highest BCUT2D eigenvalue weighted by molar-refractivity contribution is 5.46. The molecule has 0 heterocycles. The lowest BCUT2D eigenvalue weighted by Crippen LogP contribution is -2.52. The summed E-state index contributed by atoms with van der Waals surface area (Å²) in [6.07, 6.45) is 4.55. The Bertz CT molecular complexity index is 456. The van der Waals surface area contributed by atoms with E-state index in [-0.39, 0.29) is 11.0 Å². The SMILES string of the molecule is COc1ccc(OC)c(C2(N)CCCCC2(C)C)c1. The van der Waals surface area contributed by atoms with E-state index < -0.39 is 0 Å². The average molecular weight is 263 g/mol. The van der Waals surface area contributed by atoms with Crippen molar-refractivity contribution in [2.24, 2.45) is 11.1 Å². The molecule has 0 aromatic heterocycles. The number of ether oxygens (including phenoxy) is 2. The fourth-order valence-corrected chi connectivity index (χ4v) is 3.19. The molecule has 1 aromatic rings. The monoisotopic (exact) mass is 263 g/mol. The van der Waals surface area contributed by atoms with Gasteiger partial charge in [0.1, 0.15) is 11.5 Å². The van der Waals surface area contributed by atoms with Gasteiger partial charge in [0.2, 0.25) is 0 Å². The summed E-state index contributed by atoms with van der Waals surface area (Å²) in [7, 11) is 3.38. The lowest BCUT2D eigenvalue weighted by Gasteiger charge is -2.48. The van der Waals surface area contributed by atoms with E-state index in [0.29, 0.717) is 0 Å². The third kappa shape index (κ3) is 2.32. The second kappa shape index (κ2) is 5.04. The van der Waals surface area contributed by atoms with Crippen molar-refractivity contribution in [1.82, 2.24) is 0 Å². The Balaban J connectivity index is 2.54. The Morgan fingerprint density at radius 3 is 2.32 bits per heavy atom. The van der Waals surface area contributed by atoms with Gasteiger partial charge in [-0.25, -0.2) is 0 Å². The molecule has 2 N–H and O–H groups in total. The molecule has 1 unspecified atom stereocenters. The molecule has 0 amide bonds. The van der Waals surface area contributed by atoms with Crippen molar-refractivity contribution < 1.29 is 9.47 Å². The highest BCUT2D eigenvalue weighted by Gasteiger charge is 2.46. The third-order valence-corrected chi connectivity index (χ3v) is 4.72. The molecule has 1 aromatic carbocycles. The standard InChI is InChI=1S/C16H25NO2/c1-15(2)9-5-6-10-16(15,17)13-11-12(18-3)7-8-14(13)19-4/h7-8,11H,5-6,9-10,17H2,1-4H3. The third-order valence-electron chi connectivity index (χ3n) is 4.72. The smallest absolute Gasteiger partial charge is 0.124 e. The van der Waals surface area contributed by atoms with Gasteiger partial charge in [-0.2, -0.15) is 0 Å². The average Bonchev–Trinajstić information content (AvgIpc) is 2.41. The summed E-state index contributed by atoms with van der Waals surface area (Å²) in [5.41, 5.74) is 7.60. The van der Waals surface area contributed by atoms with Crippen molar-refractivity contribution in [3.8, 4) is 11.5 Å². The molecular weight excluding hydrogens is 238 g/mol. The molecule has 0 radical (unpaired) electrons. The number of hydrogen-bond acceptors (Lipinski definition) is 3. The van der Waals surface area contributed by atoms with Crippen LogP contribution < -0.4 is 15.2 Å². The van der Waals surface area contributed by atoms with Crippen molar-refractivity contribution in [2.75, 3.05) is 14.2 Å². The topological polar surface area (TPSA) is 44.5 Å². The lowest BCUT2D eigenvalue weighted by atomic mass is 9.60. The molecule has 0 bridgehead atoms. The van der Waals surface area contributed by atoms with Crippen molar-refractivity contribution in [3.63, 3.8) is 0 Å². The van der Waals surface area contributed by atoms with E-state index in [1.165, 1.54) is 12.8 Å². The van der Waals surface area contributed by atoms with Crippen LogP contribution in [0.4, 0.5) is 0 Å². The zero-order valence-electron chi connectivity index (χ0n) is 12.5. The van der Waals surface area contributed by atoms with Crippen LogP contribution in [0.2, 0.25) is 0 Å². The fraction of sp³-hybridized carbons (Fsp3) is 0.625. The van der Waals surface area contributed by atoms with Crippen molar-refractivity contribution in [1.29, 1.82) is 0 Å². The van der Waals surface area contributed by atoms with Gasteiger partial charge in [-0.3, -0.25) is 0 Å². The van der Waals surface area contributed by atoms with E-state index in [9.17, 15) is 0 Å². The Hall–Kier alpha value is -1.22. The second-order valence-corrected chi connectivity index (χ2v) is 6.13. The predicted octanol–water partition coefficient (Wildman–Crippen LogP) is 3.46. The number of hydrogen-bond donors (Lipinski definition) is 1. The van der Waals surface area contributed by atoms with Gasteiger partial charge in [-0.1, -0.05) is 26.7 Å². The zero-order valence-corrected chi connectivity index (χ0v) is 12.5. The molecule has 2 rings (SSSR count). The molecule has 0 saturated heterocycles. The molecule has 19 heavy (non-hydrogen) atoms. The molecule has 0 spiro atoms. The van der Waals surface area contributed by atoms with E-state index in [1.54, 1.807) is 14.2 Å². The van der Waals surface area contributed by atoms with Crippen LogP contribution >= 0.6 is 0 Å². The van der Waals surface area contributed by atoms with E-state index in [0.717, 1.165) is 29.9 Å². The van der Waals surface area contributed by atoms with Gasteiger partial charge in [-0.05, 0) is 36.5 Å². The van der Waals surface area contributed by atoms with Gasteiger partial charge in [-0.15, -0.1) is 0 Å². The minimum Gasteiger partial charge on any atom is -0.497 e. The van der Waals surface area contributed by atoms with Crippen molar-refractivity contribution in [3.05, 3.63) is 23.8 Å². The summed E-state index contributed by atoms with van der Waals surface area (Å²) in [5.74, 6) is 1.69. The van der Waals surface area contributed by atoms with Crippen molar-refractivity contribution >= 4 is 0 Å². The molecular formula is C16H25NO2. The van der Waals surface area contributed by atoms with Gasteiger partial charge in [0.15, 0.2) is 0 Å². The molecule has 1 fully saturated rings. The highest BCUT2D eigenvalue weighted by Crippen LogP contribution is 2.51. The Morgan fingerprint density at radius 1 is 1.05 bits per heavy atom. The first-order chi connectivity index (χ1) is 8.94. The molecule has 1 saturated carbocycles. The quantitative estimate of drug-likeness (QED) is 0.908. The largest absolute Gasteiger partial charge is 0.497 e. The molecule has 1 aliphatic carbocycles. The van der Waals surface area contributed by atoms with Gasteiger partial charge in [0.25, 0.3) is 0 Å². The molecule has 1 atom stereocenters. The maximum absolute atomic E-state index is 6.82. The number of nitrogens with two attached hydrogens (primary N) is 1. The van der Waals surface area contributed by atoms with Gasteiger partial charge in [0, 0.05) is 11.1 Å². The normalized spacial score (nSPS) is 25.9. The van der Waals surface area contributed by atoms with Crippen LogP contribution in [0.5, 0.6) is 11.5 Å². The molecule has 3 nitrogen and oxygen atoms in total. The number of benzene rings is 1. The molecule has 3 heteroatoms. The zero-order chi connectivity index (χ0) is 14.1. The summed E-state index contributed by atoms with van der Waals surface area (Å²) in [4.78, 5) is 0. The minimum absolute atomic E-state index is 0.0604. The van der Waals surface area contributed by atoms with Crippen LogP contribution in [0.25, 0.3) is 0 Å². The van der Waals surface area contributed by atoms with Crippen LogP contribution in [-0.2, 0) is 5.54 Å². The Kier molecular flexibility index (Phi) is 3.77. The van der Waals surface area contributed by atoms with Crippen LogP contribution in [0.1, 0.15) is 45.1 Å². The first-order valence-corrected chi connectivity index (χ1v) is 6.96. The van der Waals surface area contributed by atoms with Crippen LogP contribution in [0.15, 0.2) is 18.2 Å². The Labute approximate surface area is 116 Å². The number of rotatable bonds is 3. The van der Waals surface area contributed by atoms with Crippen LogP contribution in [0.3, 0.4) is 0 Å². The summed E-state index contributed by atoms with van der Waals surface area (Å²) < 4.78 is 10.9. The summed E-state index contributed by atoms with van der Waals surface area (Å²) in [5, 5.41) is 0. The van der Waals surface area contributed by atoms with E-state index in [1.807, 2.05) is 18.2 Å². The van der Waals surface area contributed by atoms with E-state index in [2.05, 4.69) is 13.8 Å². The summed E-state index contributed by atoms with van der Waals surface area (Å²) in [6, 6.07) is 5.90. The first-order valence-electron chi connectivity index (χ1n) is 6.96. The minimum atomic E-state index is -0.356. The molecule has 106 valence electrons. The van der Waals surface area contributed by atoms with E-state index >= 15 is 0 Å². The predicted molar refractivity (Wildman–Crippen MR) is 77.7 cm³/mol. The van der Waals surface area contributed by atoms with Crippen LogP contribution in [0, 0.1) is 5.41 Å². The van der Waals surface area contributed by atoms with Crippen molar-refractivity contribution in [2.45, 2.75) is 45.1 Å². The maximum atomic E-state index is 6.82. The van der Waals surface area contributed by atoms with E-state index in [4.69, 9.17) is 15.2 Å².